The van der Waals surface area contributed by atoms with Crippen LogP contribution in [0.5, 0.6) is 0 Å². The number of rotatable bonds is 9. The number of hydrogen-bond donors (Lipinski definition) is 1. The fourth-order valence-corrected chi connectivity index (χ4v) is 3.15. The Morgan fingerprint density at radius 1 is 1.30 bits per heavy atom. The second-order valence-corrected chi connectivity index (χ2v) is 6.49. The minimum Gasteiger partial charge on any atom is -0.378 e. The number of piperidine rings is 1. The maximum atomic E-state index is 12.7. The lowest BCUT2D eigenvalue weighted by Gasteiger charge is -2.32. The molecule has 1 aliphatic rings. The predicted molar refractivity (Wildman–Crippen MR) is 115 cm³/mol. The lowest BCUT2D eigenvalue weighted by Crippen LogP contribution is -2.41. The number of nitrogens with two attached hydrogens (primary N) is 1. The third-order valence-electron chi connectivity index (χ3n) is 4.63. The monoisotopic (exact) mass is 420 g/mol. The number of ether oxygens (including phenoxy) is 1. The molecule has 2 heterocycles. The van der Waals surface area contributed by atoms with Crippen LogP contribution in [0, 0.1) is 0 Å². The minimum absolute atomic E-state index is 0. The van der Waals surface area contributed by atoms with Crippen molar-refractivity contribution < 1.29 is 9.53 Å². The number of hydrogen-bond acceptors (Lipinski definition) is 5. The van der Waals surface area contributed by atoms with Gasteiger partial charge in [-0.25, -0.2) is 4.98 Å². The summed E-state index contributed by atoms with van der Waals surface area (Å²) in [4.78, 5) is 21.3. The fraction of sp³-hybridized carbons (Fsp3) is 0.684. The fourth-order valence-electron chi connectivity index (χ4n) is 3.15. The lowest BCUT2D eigenvalue weighted by molar-refractivity contribution is 0.00844. The zero-order chi connectivity index (χ0) is 18.1. The summed E-state index contributed by atoms with van der Waals surface area (Å²) in [5.41, 5.74) is 6.15. The van der Waals surface area contributed by atoms with Crippen LogP contribution in [0.1, 0.15) is 49.9 Å². The molecule has 156 valence electrons. The summed E-state index contributed by atoms with van der Waals surface area (Å²) >= 11 is 0. The first kappa shape index (κ1) is 25.9. The smallest absolute Gasteiger partial charge is 0.255 e. The maximum Gasteiger partial charge on any atom is 0.255 e. The van der Waals surface area contributed by atoms with Crippen LogP contribution in [0.15, 0.2) is 18.3 Å². The van der Waals surface area contributed by atoms with Crippen LogP contribution < -0.4 is 10.6 Å². The van der Waals surface area contributed by atoms with E-state index in [1.165, 1.54) is 0 Å². The zero-order valence-electron chi connectivity index (χ0n) is 16.4. The van der Waals surface area contributed by atoms with Gasteiger partial charge in [0, 0.05) is 39.0 Å². The van der Waals surface area contributed by atoms with Gasteiger partial charge in [-0.05, 0) is 51.3 Å². The van der Waals surface area contributed by atoms with Crippen LogP contribution in [-0.4, -0.2) is 61.2 Å². The van der Waals surface area contributed by atoms with Crippen molar-refractivity contribution >= 4 is 36.5 Å². The summed E-state index contributed by atoms with van der Waals surface area (Å²) in [5, 5.41) is 0. The van der Waals surface area contributed by atoms with E-state index in [1.807, 2.05) is 17.0 Å². The lowest BCUT2D eigenvalue weighted by atomic mass is 10.1. The van der Waals surface area contributed by atoms with E-state index in [1.54, 1.807) is 6.20 Å². The summed E-state index contributed by atoms with van der Waals surface area (Å²) in [7, 11) is 0. The zero-order valence-corrected chi connectivity index (χ0v) is 18.1. The molecule has 0 unspecified atom stereocenters. The molecule has 0 spiro atoms. The van der Waals surface area contributed by atoms with Crippen molar-refractivity contribution in [3.63, 3.8) is 0 Å². The molecule has 0 aromatic carbocycles. The Hall–Kier alpha value is -1.08. The summed E-state index contributed by atoms with van der Waals surface area (Å²) < 4.78 is 5.80. The molecule has 1 aliphatic heterocycles. The van der Waals surface area contributed by atoms with E-state index in [4.69, 9.17) is 10.5 Å². The molecule has 1 fully saturated rings. The van der Waals surface area contributed by atoms with E-state index in [0.29, 0.717) is 18.7 Å². The molecule has 2 rings (SSSR count). The predicted octanol–water partition coefficient (Wildman–Crippen LogP) is 3.13. The largest absolute Gasteiger partial charge is 0.378 e. The van der Waals surface area contributed by atoms with E-state index in [2.05, 4.69) is 23.7 Å². The average Bonchev–Trinajstić information content (AvgIpc) is 2.66. The molecule has 0 radical (unpaired) electrons. The topological polar surface area (TPSA) is 71.7 Å². The third kappa shape index (κ3) is 7.82. The van der Waals surface area contributed by atoms with Gasteiger partial charge >= 0.3 is 0 Å². The molecule has 0 aliphatic carbocycles. The Bertz CT molecular complexity index is 523. The SMILES string of the molecule is CCCN(CC)c1ccc(C(=O)N2CCC(OCCCN)CC2)cn1.Cl.Cl. The van der Waals surface area contributed by atoms with Gasteiger partial charge in [0.15, 0.2) is 0 Å². The number of aromatic nitrogens is 1. The van der Waals surface area contributed by atoms with E-state index < -0.39 is 0 Å². The summed E-state index contributed by atoms with van der Waals surface area (Å²) in [6.45, 7) is 9.04. The van der Waals surface area contributed by atoms with Crippen molar-refractivity contribution in [1.29, 1.82) is 0 Å². The number of pyridine rings is 1. The van der Waals surface area contributed by atoms with Gasteiger partial charge in [-0.1, -0.05) is 6.92 Å². The van der Waals surface area contributed by atoms with Crippen LogP contribution in [0.4, 0.5) is 5.82 Å². The van der Waals surface area contributed by atoms with E-state index in [0.717, 1.165) is 57.7 Å². The van der Waals surface area contributed by atoms with E-state index >= 15 is 0 Å². The van der Waals surface area contributed by atoms with Crippen LogP contribution >= 0.6 is 24.8 Å². The van der Waals surface area contributed by atoms with Crippen LogP contribution in [0.2, 0.25) is 0 Å². The third-order valence-corrected chi connectivity index (χ3v) is 4.63. The van der Waals surface area contributed by atoms with Crippen LogP contribution in [0.3, 0.4) is 0 Å². The van der Waals surface area contributed by atoms with Gasteiger partial charge in [0.05, 0.1) is 11.7 Å². The Morgan fingerprint density at radius 2 is 2.00 bits per heavy atom. The molecular formula is C19H34Cl2N4O2. The Balaban J connectivity index is 0.00000338. The molecule has 2 N–H and O–H groups in total. The number of anilines is 1. The summed E-state index contributed by atoms with van der Waals surface area (Å²) in [6, 6.07) is 3.85. The minimum atomic E-state index is 0. The standard InChI is InChI=1S/C19H32N4O2.2ClH/c1-3-11-22(4-2)18-7-6-16(15-21-18)19(24)23-12-8-17(9-13-23)25-14-5-10-20;;/h6-7,15,17H,3-5,8-14,20H2,1-2H3;2*1H. The number of amides is 1. The molecule has 6 nitrogen and oxygen atoms in total. The Kier molecular flexibility index (Phi) is 13.4. The van der Waals surface area contributed by atoms with Crippen molar-refractivity contribution in [2.24, 2.45) is 5.73 Å². The van der Waals surface area contributed by atoms with E-state index in [9.17, 15) is 4.79 Å². The quantitative estimate of drug-likeness (QED) is 0.621. The average molecular weight is 421 g/mol. The number of carbonyl (C=O) groups is 1. The van der Waals surface area contributed by atoms with Gasteiger partial charge in [0.25, 0.3) is 5.91 Å². The highest BCUT2D eigenvalue weighted by Gasteiger charge is 2.24. The highest BCUT2D eigenvalue weighted by Crippen LogP contribution is 2.18. The Labute approximate surface area is 175 Å². The van der Waals surface area contributed by atoms with E-state index in [-0.39, 0.29) is 36.8 Å². The molecule has 1 aromatic heterocycles. The summed E-state index contributed by atoms with van der Waals surface area (Å²) in [6.07, 6.45) is 5.72. The number of nitrogens with zero attached hydrogens (tertiary/aromatic N) is 3. The molecule has 0 bridgehead atoms. The highest BCUT2D eigenvalue weighted by molar-refractivity contribution is 5.94. The van der Waals surface area contributed by atoms with Gasteiger partial charge in [-0.3, -0.25) is 4.79 Å². The second kappa shape index (κ2) is 14.0. The van der Waals surface area contributed by atoms with Gasteiger partial charge in [0.2, 0.25) is 0 Å². The highest BCUT2D eigenvalue weighted by atomic mass is 35.5. The van der Waals surface area contributed by atoms with Crippen LogP contribution in [0.25, 0.3) is 0 Å². The Morgan fingerprint density at radius 3 is 2.52 bits per heavy atom. The molecule has 1 amide bonds. The van der Waals surface area contributed by atoms with Gasteiger partial charge < -0.3 is 20.3 Å². The molecule has 27 heavy (non-hydrogen) atoms. The first-order valence-corrected chi connectivity index (χ1v) is 9.51. The van der Waals surface area contributed by atoms with Crippen molar-refractivity contribution in [3.8, 4) is 0 Å². The maximum absolute atomic E-state index is 12.7. The van der Waals surface area contributed by atoms with Crippen molar-refractivity contribution in [3.05, 3.63) is 23.9 Å². The van der Waals surface area contributed by atoms with Crippen molar-refractivity contribution in [2.75, 3.05) is 44.2 Å². The van der Waals surface area contributed by atoms with Gasteiger partial charge in [-0.15, -0.1) is 24.8 Å². The van der Waals surface area contributed by atoms with Crippen molar-refractivity contribution in [1.82, 2.24) is 9.88 Å². The molecule has 1 aromatic rings. The molecule has 0 saturated carbocycles. The van der Waals surface area contributed by atoms with Gasteiger partial charge in [0.1, 0.15) is 5.82 Å². The molecule has 0 atom stereocenters. The second-order valence-electron chi connectivity index (χ2n) is 6.49. The first-order chi connectivity index (χ1) is 12.2. The molecule has 1 saturated heterocycles. The number of carbonyl (C=O) groups excluding carboxylic acids is 1. The van der Waals surface area contributed by atoms with Crippen molar-refractivity contribution in [2.45, 2.75) is 45.6 Å². The number of likely N-dealkylation sites (tertiary alicyclic amines) is 1. The first-order valence-electron chi connectivity index (χ1n) is 9.51. The van der Waals surface area contributed by atoms with Crippen LogP contribution in [-0.2, 0) is 4.74 Å². The number of halogens is 2. The molecular weight excluding hydrogens is 387 g/mol. The normalized spacial score (nSPS) is 14.3. The summed E-state index contributed by atoms with van der Waals surface area (Å²) in [5.74, 6) is 1.01. The van der Waals surface area contributed by atoms with Gasteiger partial charge in [-0.2, -0.15) is 0 Å². The molecule has 8 heteroatoms.